The lowest BCUT2D eigenvalue weighted by Gasteiger charge is -2.42. The van der Waals surface area contributed by atoms with Crippen LogP contribution in [-0.2, 0) is 16.6 Å². The van der Waals surface area contributed by atoms with Crippen LogP contribution in [0.3, 0.4) is 0 Å². The summed E-state index contributed by atoms with van der Waals surface area (Å²) in [6, 6.07) is 10.6. The minimum Gasteiger partial charge on any atom is -0.342 e. The number of nitrogens with zero attached hydrogens (tertiary/aromatic N) is 2. The Balaban J connectivity index is 1.49. The number of hydrogen-bond acceptors (Lipinski definition) is 4. The normalized spacial score (nSPS) is 22.1. The van der Waals surface area contributed by atoms with Gasteiger partial charge in [0.05, 0.1) is 16.6 Å². The van der Waals surface area contributed by atoms with E-state index in [1.54, 1.807) is 11.3 Å². The van der Waals surface area contributed by atoms with Crippen LogP contribution in [0.5, 0.6) is 0 Å². The third-order valence-corrected chi connectivity index (χ3v) is 7.21. The van der Waals surface area contributed by atoms with Crippen LogP contribution in [0.1, 0.15) is 52.7 Å². The number of rotatable bonds is 3. The summed E-state index contributed by atoms with van der Waals surface area (Å²) in [5.41, 5.74) is 8.56. The van der Waals surface area contributed by atoms with Crippen LogP contribution in [0.25, 0.3) is 0 Å². The molecule has 4 nitrogen and oxygen atoms in total. The lowest BCUT2D eigenvalue weighted by Crippen LogP contribution is -2.49. The summed E-state index contributed by atoms with van der Waals surface area (Å²) >= 11 is 1.76. The van der Waals surface area contributed by atoms with Crippen molar-refractivity contribution in [2.24, 2.45) is 5.73 Å². The highest BCUT2D eigenvalue weighted by molar-refractivity contribution is 7.11. The lowest BCUT2D eigenvalue weighted by atomic mass is 9.72. The summed E-state index contributed by atoms with van der Waals surface area (Å²) in [7, 11) is 0. The number of nitrogens with two attached hydrogens (primary N) is 1. The minimum absolute atomic E-state index is 0.00693. The van der Waals surface area contributed by atoms with Crippen molar-refractivity contribution >= 4 is 17.2 Å². The Bertz CT molecular complexity index is 778. The Labute approximate surface area is 159 Å². The largest absolute Gasteiger partial charge is 0.342 e. The summed E-state index contributed by atoms with van der Waals surface area (Å²) in [6.45, 7) is 4.26. The van der Waals surface area contributed by atoms with Gasteiger partial charge in [-0.25, -0.2) is 4.98 Å². The molecule has 0 bridgehead atoms. The molecule has 2 aliphatic rings. The van der Waals surface area contributed by atoms with Crippen molar-refractivity contribution in [1.82, 2.24) is 9.88 Å². The van der Waals surface area contributed by atoms with Gasteiger partial charge in [0.15, 0.2) is 0 Å². The SMILES string of the molecule is Cc1nc2c(s1)CCC[C@H]2C(=O)N1CCC(CN)(c2ccccc2)CC1. The summed E-state index contributed by atoms with van der Waals surface area (Å²) < 4.78 is 0. The molecule has 26 heavy (non-hydrogen) atoms. The predicted molar refractivity (Wildman–Crippen MR) is 106 cm³/mol. The van der Waals surface area contributed by atoms with Gasteiger partial charge < -0.3 is 10.6 Å². The molecule has 0 unspecified atom stereocenters. The average Bonchev–Trinajstić information content (AvgIpc) is 3.08. The number of benzene rings is 1. The van der Waals surface area contributed by atoms with Crippen molar-refractivity contribution in [1.29, 1.82) is 0 Å². The van der Waals surface area contributed by atoms with Crippen LogP contribution >= 0.6 is 11.3 Å². The predicted octanol–water partition coefficient (Wildman–Crippen LogP) is 3.39. The van der Waals surface area contributed by atoms with Crippen LogP contribution in [0, 0.1) is 6.92 Å². The molecular formula is C21H27N3OS. The van der Waals surface area contributed by atoms with Crippen molar-refractivity contribution in [3.05, 3.63) is 51.5 Å². The number of aromatic nitrogens is 1. The van der Waals surface area contributed by atoms with E-state index in [4.69, 9.17) is 10.7 Å². The fraction of sp³-hybridized carbons (Fsp3) is 0.524. The number of aryl methyl sites for hydroxylation is 2. The molecule has 1 aliphatic carbocycles. The third kappa shape index (κ3) is 3.08. The van der Waals surface area contributed by atoms with E-state index < -0.39 is 0 Å². The molecule has 1 aliphatic heterocycles. The second-order valence-corrected chi connectivity index (χ2v) is 8.95. The second kappa shape index (κ2) is 7.12. The first-order chi connectivity index (χ1) is 12.6. The molecule has 138 valence electrons. The van der Waals surface area contributed by atoms with Crippen LogP contribution in [0.15, 0.2) is 30.3 Å². The summed E-state index contributed by atoms with van der Waals surface area (Å²) in [5.74, 6) is 0.237. The van der Waals surface area contributed by atoms with Crippen molar-refractivity contribution in [2.75, 3.05) is 19.6 Å². The van der Waals surface area contributed by atoms with Crippen molar-refractivity contribution in [3.8, 4) is 0 Å². The maximum absolute atomic E-state index is 13.2. The van der Waals surface area contributed by atoms with Gasteiger partial charge in [-0.3, -0.25) is 4.79 Å². The molecule has 2 heterocycles. The van der Waals surface area contributed by atoms with E-state index >= 15 is 0 Å². The molecule has 1 fully saturated rings. The number of hydrogen-bond donors (Lipinski definition) is 1. The quantitative estimate of drug-likeness (QED) is 0.902. The van der Waals surface area contributed by atoms with Gasteiger partial charge >= 0.3 is 0 Å². The average molecular weight is 370 g/mol. The van der Waals surface area contributed by atoms with E-state index in [1.165, 1.54) is 10.4 Å². The first-order valence-electron chi connectivity index (χ1n) is 9.63. The molecule has 1 atom stereocenters. The number of piperidine rings is 1. The van der Waals surface area contributed by atoms with E-state index in [2.05, 4.69) is 29.2 Å². The first kappa shape index (κ1) is 17.7. The lowest BCUT2D eigenvalue weighted by molar-refractivity contribution is -0.134. The summed E-state index contributed by atoms with van der Waals surface area (Å²) in [4.78, 5) is 21.3. The van der Waals surface area contributed by atoms with E-state index in [1.807, 2.05) is 13.0 Å². The number of carbonyl (C=O) groups excluding carboxylic acids is 1. The zero-order valence-electron chi connectivity index (χ0n) is 15.4. The zero-order chi connectivity index (χ0) is 18.1. The number of likely N-dealkylation sites (tertiary alicyclic amines) is 1. The minimum atomic E-state index is -0.0363. The molecule has 1 aromatic carbocycles. The van der Waals surface area contributed by atoms with E-state index in [9.17, 15) is 4.79 Å². The van der Waals surface area contributed by atoms with Crippen molar-refractivity contribution in [3.63, 3.8) is 0 Å². The fourth-order valence-corrected chi connectivity index (χ4v) is 5.60. The van der Waals surface area contributed by atoms with Gasteiger partial charge in [0.2, 0.25) is 5.91 Å². The van der Waals surface area contributed by atoms with Crippen LogP contribution in [0.4, 0.5) is 0 Å². The Morgan fingerprint density at radius 2 is 2.04 bits per heavy atom. The van der Waals surface area contributed by atoms with Crippen molar-refractivity contribution in [2.45, 2.75) is 50.4 Å². The van der Waals surface area contributed by atoms with E-state index in [0.29, 0.717) is 6.54 Å². The van der Waals surface area contributed by atoms with Gasteiger partial charge in [0.25, 0.3) is 0 Å². The molecule has 0 saturated carbocycles. The molecule has 4 rings (SSSR count). The molecule has 2 N–H and O–H groups in total. The highest BCUT2D eigenvalue weighted by atomic mass is 32.1. The Morgan fingerprint density at radius 3 is 2.73 bits per heavy atom. The first-order valence-corrected chi connectivity index (χ1v) is 10.5. The molecule has 0 spiro atoms. The maximum atomic E-state index is 13.2. The van der Waals surface area contributed by atoms with Gasteiger partial charge in [-0.2, -0.15) is 0 Å². The van der Waals surface area contributed by atoms with Gasteiger partial charge in [-0.1, -0.05) is 30.3 Å². The summed E-state index contributed by atoms with van der Waals surface area (Å²) in [6.07, 6.45) is 4.99. The number of fused-ring (bicyclic) bond motifs is 1. The molecule has 1 saturated heterocycles. The maximum Gasteiger partial charge on any atom is 0.231 e. The molecule has 1 amide bonds. The topological polar surface area (TPSA) is 59.2 Å². The highest BCUT2D eigenvalue weighted by Crippen LogP contribution is 2.39. The monoisotopic (exact) mass is 369 g/mol. The molecule has 5 heteroatoms. The molecule has 1 aromatic heterocycles. The Kier molecular flexibility index (Phi) is 4.84. The molecular weight excluding hydrogens is 342 g/mol. The third-order valence-electron chi connectivity index (χ3n) is 6.17. The standard InChI is InChI=1S/C21H27N3OS/c1-15-23-19-17(8-5-9-18(19)26-15)20(25)24-12-10-21(14-22,11-13-24)16-6-3-2-4-7-16/h2-4,6-7,17H,5,8-14,22H2,1H3/t17-/m1/s1. The molecule has 2 aromatic rings. The number of carbonyl (C=O) groups is 1. The van der Waals surface area contributed by atoms with Crippen LogP contribution in [0.2, 0.25) is 0 Å². The van der Waals surface area contributed by atoms with E-state index in [-0.39, 0.29) is 17.2 Å². The smallest absolute Gasteiger partial charge is 0.231 e. The van der Waals surface area contributed by atoms with Crippen LogP contribution < -0.4 is 5.73 Å². The summed E-state index contributed by atoms with van der Waals surface area (Å²) in [5, 5.41) is 1.08. The number of thiazole rings is 1. The number of amides is 1. The van der Waals surface area contributed by atoms with E-state index in [0.717, 1.165) is 55.9 Å². The van der Waals surface area contributed by atoms with Gasteiger partial charge in [-0.15, -0.1) is 11.3 Å². The zero-order valence-corrected chi connectivity index (χ0v) is 16.2. The molecule has 0 radical (unpaired) electrons. The van der Waals surface area contributed by atoms with Crippen molar-refractivity contribution < 1.29 is 4.79 Å². The Morgan fingerprint density at radius 1 is 1.31 bits per heavy atom. The van der Waals surface area contributed by atoms with Gasteiger partial charge in [-0.05, 0) is 44.6 Å². The Hall–Kier alpha value is -1.72. The van der Waals surface area contributed by atoms with Crippen LogP contribution in [-0.4, -0.2) is 35.4 Å². The fourth-order valence-electron chi connectivity index (χ4n) is 4.56. The van der Waals surface area contributed by atoms with Gasteiger partial charge in [0, 0.05) is 29.9 Å². The highest BCUT2D eigenvalue weighted by Gasteiger charge is 2.39. The second-order valence-electron chi connectivity index (χ2n) is 7.66. The van der Waals surface area contributed by atoms with Gasteiger partial charge in [0.1, 0.15) is 0 Å².